The van der Waals surface area contributed by atoms with E-state index >= 15 is 0 Å². The van der Waals surface area contributed by atoms with Gasteiger partial charge >= 0.3 is 0 Å². The SMILES string of the molecule is CC(C)(F)c1cc2c(cc1/C=C/CN)OCCO2. The first-order chi connectivity index (χ1) is 8.52. The summed E-state index contributed by atoms with van der Waals surface area (Å²) >= 11 is 0. The predicted octanol–water partition coefficient (Wildman–Crippen LogP) is 2.63. The molecule has 0 aliphatic carbocycles. The van der Waals surface area contributed by atoms with Crippen molar-refractivity contribution >= 4 is 6.08 Å². The van der Waals surface area contributed by atoms with Crippen molar-refractivity contribution in [2.24, 2.45) is 5.73 Å². The lowest BCUT2D eigenvalue weighted by Crippen LogP contribution is -2.18. The molecule has 1 heterocycles. The second kappa shape index (κ2) is 4.98. The van der Waals surface area contributed by atoms with Crippen LogP contribution < -0.4 is 15.2 Å². The Balaban J connectivity index is 2.51. The second-order valence-corrected chi connectivity index (χ2v) is 4.69. The second-order valence-electron chi connectivity index (χ2n) is 4.69. The van der Waals surface area contributed by atoms with E-state index in [4.69, 9.17) is 15.2 Å². The standard InChI is InChI=1S/C14H18FNO2/c1-14(2,15)11-9-13-12(17-6-7-18-13)8-10(11)4-3-5-16/h3-4,8-9H,5-7,16H2,1-2H3/b4-3+. The molecular formula is C14H18FNO2. The van der Waals surface area contributed by atoms with E-state index in [2.05, 4.69) is 0 Å². The van der Waals surface area contributed by atoms with E-state index in [9.17, 15) is 4.39 Å². The Morgan fingerprint density at radius 3 is 2.44 bits per heavy atom. The molecule has 0 saturated carbocycles. The van der Waals surface area contributed by atoms with Gasteiger partial charge in [-0.05, 0) is 37.1 Å². The molecule has 0 aromatic heterocycles. The third-order valence-corrected chi connectivity index (χ3v) is 2.79. The Morgan fingerprint density at radius 1 is 1.28 bits per heavy atom. The van der Waals surface area contributed by atoms with Crippen molar-refractivity contribution in [1.82, 2.24) is 0 Å². The highest BCUT2D eigenvalue weighted by Crippen LogP contribution is 2.39. The van der Waals surface area contributed by atoms with Crippen LogP contribution in [-0.2, 0) is 5.67 Å². The lowest BCUT2D eigenvalue weighted by molar-refractivity contribution is 0.169. The average Bonchev–Trinajstić information content (AvgIpc) is 2.34. The molecule has 0 fully saturated rings. The summed E-state index contributed by atoms with van der Waals surface area (Å²) in [5, 5.41) is 0. The van der Waals surface area contributed by atoms with E-state index in [1.165, 1.54) is 13.8 Å². The maximum Gasteiger partial charge on any atom is 0.161 e. The van der Waals surface area contributed by atoms with Crippen molar-refractivity contribution in [2.75, 3.05) is 19.8 Å². The lowest BCUT2D eigenvalue weighted by Gasteiger charge is -2.24. The van der Waals surface area contributed by atoms with Crippen molar-refractivity contribution in [3.8, 4) is 11.5 Å². The molecule has 0 atom stereocenters. The molecule has 0 spiro atoms. The van der Waals surface area contributed by atoms with Crippen molar-refractivity contribution in [1.29, 1.82) is 0 Å². The number of benzene rings is 1. The zero-order valence-electron chi connectivity index (χ0n) is 10.7. The Morgan fingerprint density at radius 2 is 1.89 bits per heavy atom. The van der Waals surface area contributed by atoms with Crippen LogP contribution in [0.2, 0.25) is 0 Å². The molecule has 98 valence electrons. The van der Waals surface area contributed by atoms with Gasteiger partial charge in [-0.15, -0.1) is 0 Å². The van der Waals surface area contributed by atoms with Crippen LogP contribution in [0.15, 0.2) is 18.2 Å². The minimum absolute atomic E-state index is 0.417. The summed E-state index contributed by atoms with van der Waals surface area (Å²) in [6, 6.07) is 3.52. The van der Waals surface area contributed by atoms with Gasteiger partial charge in [0.05, 0.1) is 0 Å². The first-order valence-corrected chi connectivity index (χ1v) is 6.02. The third kappa shape index (κ3) is 2.64. The summed E-state index contributed by atoms with van der Waals surface area (Å²) in [7, 11) is 0. The number of rotatable bonds is 3. The quantitative estimate of drug-likeness (QED) is 0.898. The maximum atomic E-state index is 14.2. The van der Waals surface area contributed by atoms with Gasteiger partial charge < -0.3 is 15.2 Å². The minimum Gasteiger partial charge on any atom is -0.486 e. The minimum atomic E-state index is -1.44. The Hall–Kier alpha value is -1.55. The predicted molar refractivity (Wildman–Crippen MR) is 69.7 cm³/mol. The van der Waals surface area contributed by atoms with Gasteiger partial charge in [0.1, 0.15) is 18.9 Å². The highest BCUT2D eigenvalue weighted by atomic mass is 19.1. The molecule has 3 nitrogen and oxygen atoms in total. The van der Waals surface area contributed by atoms with Crippen LogP contribution in [0.4, 0.5) is 4.39 Å². The number of fused-ring (bicyclic) bond motifs is 1. The molecule has 1 aliphatic rings. The van der Waals surface area contributed by atoms with Crippen LogP contribution in [0, 0.1) is 0 Å². The Labute approximate surface area is 106 Å². The zero-order valence-corrected chi connectivity index (χ0v) is 10.7. The lowest BCUT2D eigenvalue weighted by atomic mass is 9.93. The van der Waals surface area contributed by atoms with Gasteiger partial charge in [-0.25, -0.2) is 4.39 Å². The van der Waals surface area contributed by atoms with Crippen LogP contribution in [0.25, 0.3) is 6.08 Å². The summed E-state index contributed by atoms with van der Waals surface area (Å²) in [6.45, 7) is 4.49. The molecular weight excluding hydrogens is 233 g/mol. The smallest absolute Gasteiger partial charge is 0.161 e. The number of halogens is 1. The fourth-order valence-electron chi connectivity index (χ4n) is 1.95. The number of hydrogen-bond acceptors (Lipinski definition) is 3. The summed E-state index contributed by atoms with van der Waals surface area (Å²) < 4.78 is 25.2. The van der Waals surface area contributed by atoms with Gasteiger partial charge in [0, 0.05) is 6.54 Å². The molecule has 1 aromatic carbocycles. The number of hydrogen-bond donors (Lipinski definition) is 1. The van der Waals surface area contributed by atoms with Crippen LogP contribution in [0.1, 0.15) is 25.0 Å². The van der Waals surface area contributed by atoms with Gasteiger partial charge in [0.25, 0.3) is 0 Å². The van der Waals surface area contributed by atoms with E-state index in [1.807, 2.05) is 6.08 Å². The summed E-state index contributed by atoms with van der Waals surface area (Å²) in [6.07, 6.45) is 3.61. The number of nitrogens with two attached hydrogens (primary N) is 1. The monoisotopic (exact) mass is 251 g/mol. The van der Waals surface area contributed by atoms with Crippen LogP contribution in [0.3, 0.4) is 0 Å². The molecule has 2 rings (SSSR count). The molecule has 0 amide bonds. The maximum absolute atomic E-state index is 14.2. The van der Waals surface area contributed by atoms with Gasteiger partial charge in [-0.2, -0.15) is 0 Å². The Bertz CT molecular complexity index is 464. The molecule has 2 N–H and O–H groups in total. The molecule has 0 bridgehead atoms. The van der Waals surface area contributed by atoms with Crippen molar-refractivity contribution in [3.05, 3.63) is 29.3 Å². The largest absolute Gasteiger partial charge is 0.486 e. The first kappa shape index (κ1) is 12.9. The number of alkyl halides is 1. The normalized spacial score (nSPS) is 15.1. The van der Waals surface area contributed by atoms with Crippen molar-refractivity contribution in [3.63, 3.8) is 0 Å². The van der Waals surface area contributed by atoms with Gasteiger partial charge in [-0.3, -0.25) is 0 Å². The average molecular weight is 251 g/mol. The van der Waals surface area contributed by atoms with Crippen LogP contribution in [-0.4, -0.2) is 19.8 Å². The van der Waals surface area contributed by atoms with E-state index in [0.717, 1.165) is 5.56 Å². The summed E-state index contributed by atoms with van der Waals surface area (Å²) in [5.41, 5.74) is 5.35. The number of ether oxygens (including phenoxy) is 2. The molecule has 0 saturated heterocycles. The van der Waals surface area contributed by atoms with Gasteiger partial charge in [-0.1, -0.05) is 12.2 Å². The zero-order chi connectivity index (χ0) is 13.2. The summed E-state index contributed by atoms with van der Waals surface area (Å²) in [5.74, 6) is 1.26. The molecule has 4 heteroatoms. The summed E-state index contributed by atoms with van der Waals surface area (Å²) in [4.78, 5) is 0. The topological polar surface area (TPSA) is 44.5 Å². The molecule has 1 aromatic rings. The van der Waals surface area contributed by atoms with E-state index in [0.29, 0.717) is 36.8 Å². The van der Waals surface area contributed by atoms with Crippen molar-refractivity contribution < 1.29 is 13.9 Å². The van der Waals surface area contributed by atoms with E-state index in [-0.39, 0.29) is 0 Å². The fourth-order valence-corrected chi connectivity index (χ4v) is 1.95. The van der Waals surface area contributed by atoms with Gasteiger partial charge in [0.15, 0.2) is 11.5 Å². The van der Waals surface area contributed by atoms with Crippen molar-refractivity contribution in [2.45, 2.75) is 19.5 Å². The van der Waals surface area contributed by atoms with E-state index in [1.54, 1.807) is 18.2 Å². The third-order valence-electron chi connectivity index (χ3n) is 2.79. The molecule has 0 radical (unpaired) electrons. The van der Waals surface area contributed by atoms with Gasteiger partial charge in [0.2, 0.25) is 0 Å². The highest BCUT2D eigenvalue weighted by Gasteiger charge is 2.25. The Kier molecular flexibility index (Phi) is 3.57. The fraction of sp³-hybridized carbons (Fsp3) is 0.429. The molecule has 18 heavy (non-hydrogen) atoms. The van der Waals surface area contributed by atoms with Crippen LogP contribution >= 0.6 is 0 Å². The molecule has 0 unspecified atom stereocenters. The van der Waals surface area contributed by atoms with E-state index < -0.39 is 5.67 Å². The van der Waals surface area contributed by atoms with Crippen LogP contribution in [0.5, 0.6) is 11.5 Å². The first-order valence-electron chi connectivity index (χ1n) is 6.02. The molecule has 1 aliphatic heterocycles. The highest BCUT2D eigenvalue weighted by molar-refractivity contribution is 5.62.